The summed E-state index contributed by atoms with van der Waals surface area (Å²) in [4.78, 5) is 11.6. The van der Waals surface area contributed by atoms with Crippen LogP contribution in [-0.4, -0.2) is 64.8 Å². The number of hydrogen-bond acceptors (Lipinski definition) is 5. The fourth-order valence-electron chi connectivity index (χ4n) is 1.67. The Kier molecular flexibility index (Phi) is 7.86. The molecular weight excluding hydrogens is 308 g/mol. The van der Waals surface area contributed by atoms with Crippen molar-refractivity contribution in [2.45, 2.75) is 0 Å². The lowest BCUT2D eigenvalue weighted by molar-refractivity contribution is -0.123. The predicted molar refractivity (Wildman–Crippen MR) is 83.2 cm³/mol. The highest BCUT2D eigenvalue weighted by molar-refractivity contribution is 7.88. The maximum absolute atomic E-state index is 11.6. The van der Waals surface area contributed by atoms with Gasteiger partial charge in [0.15, 0.2) is 6.61 Å². The molecule has 22 heavy (non-hydrogen) atoms. The first-order valence-electron chi connectivity index (χ1n) is 6.82. The average molecular weight is 330 g/mol. The monoisotopic (exact) mass is 330 g/mol. The largest absolute Gasteiger partial charge is 0.484 e. The lowest BCUT2D eigenvalue weighted by Gasteiger charge is -2.19. The summed E-state index contributed by atoms with van der Waals surface area (Å²) in [5.41, 5.74) is 0. The molecule has 1 aromatic rings. The molecule has 0 bridgehead atoms. The van der Waals surface area contributed by atoms with Gasteiger partial charge in [-0.25, -0.2) is 8.42 Å². The molecule has 0 saturated carbocycles. The number of carbonyl (C=O) groups excluding carboxylic acids is 1. The van der Waals surface area contributed by atoms with Crippen LogP contribution in [0.5, 0.6) is 5.75 Å². The number of ether oxygens (including phenoxy) is 2. The van der Waals surface area contributed by atoms with Crippen molar-refractivity contribution in [3.05, 3.63) is 30.3 Å². The molecule has 1 aromatic carbocycles. The van der Waals surface area contributed by atoms with E-state index in [1.165, 1.54) is 11.4 Å². The Morgan fingerprint density at radius 2 is 1.91 bits per heavy atom. The lowest BCUT2D eigenvalue weighted by atomic mass is 10.3. The van der Waals surface area contributed by atoms with E-state index in [2.05, 4.69) is 5.32 Å². The van der Waals surface area contributed by atoms with Crippen molar-refractivity contribution in [1.29, 1.82) is 0 Å². The Bertz CT molecular complexity index is 548. The van der Waals surface area contributed by atoms with Crippen molar-refractivity contribution < 1.29 is 22.7 Å². The highest BCUT2D eigenvalue weighted by Gasteiger charge is 2.16. The number of benzene rings is 1. The molecule has 1 rings (SSSR count). The predicted octanol–water partition coefficient (Wildman–Crippen LogP) is 0.0896. The minimum absolute atomic E-state index is 0.110. The summed E-state index contributed by atoms with van der Waals surface area (Å²) in [6.07, 6.45) is 1.13. The molecule has 124 valence electrons. The summed E-state index contributed by atoms with van der Waals surface area (Å²) in [5.74, 6) is 0.305. The first kappa shape index (κ1) is 18.4. The van der Waals surface area contributed by atoms with Crippen molar-refractivity contribution >= 4 is 15.9 Å². The van der Waals surface area contributed by atoms with Gasteiger partial charge in [0.25, 0.3) is 5.91 Å². The zero-order valence-electron chi connectivity index (χ0n) is 12.8. The Balaban J connectivity index is 2.30. The van der Waals surface area contributed by atoms with Gasteiger partial charge in [0.05, 0.1) is 12.9 Å². The van der Waals surface area contributed by atoms with E-state index in [1.807, 2.05) is 18.2 Å². The minimum Gasteiger partial charge on any atom is -0.484 e. The normalized spacial score (nSPS) is 11.4. The number of nitrogens with zero attached hydrogens (tertiary/aromatic N) is 1. The minimum atomic E-state index is -3.32. The number of methoxy groups -OCH3 is 1. The summed E-state index contributed by atoms with van der Waals surface area (Å²) < 4.78 is 34.5. The first-order valence-corrected chi connectivity index (χ1v) is 8.67. The fourth-order valence-corrected chi connectivity index (χ4v) is 2.50. The van der Waals surface area contributed by atoms with Crippen LogP contribution < -0.4 is 10.1 Å². The van der Waals surface area contributed by atoms with Gasteiger partial charge < -0.3 is 14.8 Å². The van der Waals surface area contributed by atoms with Crippen LogP contribution in [0.1, 0.15) is 0 Å². The highest BCUT2D eigenvalue weighted by atomic mass is 32.2. The maximum atomic E-state index is 11.6. The van der Waals surface area contributed by atoms with Crippen LogP contribution in [0.4, 0.5) is 0 Å². The van der Waals surface area contributed by atoms with Crippen molar-refractivity contribution in [3.63, 3.8) is 0 Å². The number of amides is 1. The molecule has 1 amide bonds. The lowest BCUT2D eigenvalue weighted by Crippen LogP contribution is -2.40. The van der Waals surface area contributed by atoms with E-state index in [0.29, 0.717) is 12.4 Å². The summed E-state index contributed by atoms with van der Waals surface area (Å²) >= 11 is 0. The second kappa shape index (κ2) is 9.39. The SMILES string of the molecule is COCCN(CCNC(=O)COc1ccccc1)S(C)(=O)=O. The summed E-state index contributed by atoms with van der Waals surface area (Å²) in [7, 11) is -1.82. The van der Waals surface area contributed by atoms with E-state index in [0.717, 1.165) is 6.26 Å². The summed E-state index contributed by atoms with van der Waals surface area (Å²) in [5, 5.41) is 2.62. The van der Waals surface area contributed by atoms with Gasteiger partial charge >= 0.3 is 0 Å². The number of rotatable bonds is 10. The number of carbonyl (C=O) groups is 1. The van der Waals surface area contributed by atoms with Crippen LogP contribution in [0.3, 0.4) is 0 Å². The third kappa shape index (κ3) is 7.39. The van der Waals surface area contributed by atoms with Gasteiger partial charge in [0, 0.05) is 26.7 Å². The zero-order valence-corrected chi connectivity index (χ0v) is 13.6. The van der Waals surface area contributed by atoms with Crippen LogP contribution in [0.15, 0.2) is 30.3 Å². The molecule has 0 radical (unpaired) electrons. The van der Waals surface area contributed by atoms with Gasteiger partial charge in [-0.15, -0.1) is 0 Å². The molecule has 0 unspecified atom stereocenters. The molecule has 0 aliphatic heterocycles. The van der Waals surface area contributed by atoms with Crippen LogP contribution in [0, 0.1) is 0 Å². The number of nitrogens with one attached hydrogen (secondary N) is 1. The van der Waals surface area contributed by atoms with Crippen molar-refractivity contribution in [2.75, 3.05) is 46.2 Å². The molecular formula is C14H22N2O5S. The summed E-state index contributed by atoms with van der Waals surface area (Å²) in [6.45, 7) is 0.859. The van der Waals surface area contributed by atoms with Crippen LogP contribution >= 0.6 is 0 Å². The fraction of sp³-hybridized carbons (Fsp3) is 0.500. The van der Waals surface area contributed by atoms with Crippen LogP contribution in [0.2, 0.25) is 0 Å². The Morgan fingerprint density at radius 3 is 2.50 bits per heavy atom. The molecule has 0 aliphatic carbocycles. The Labute approximate surface area is 131 Å². The average Bonchev–Trinajstić information content (AvgIpc) is 2.48. The topological polar surface area (TPSA) is 84.9 Å². The molecule has 0 heterocycles. The third-order valence-corrected chi connectivity index (χ3v) is 4.11. The van der Waals surface area contributed by atoms with Gasteiger partial charge in [-0.05, 0) is 12.1 Å². The Hall–Kier alpha value is -1.64. The van der Waals surface area contributed by atoms with Crippen molar-refractivity contribution in [2.24, 2.45) is 0 Å². The van der Waals surface area contributed by atoms with E-state index < -0.39 is 10.0 Å². The number of sulfonamides is 1. The van der Waals surface area contributed by atoms with Crippen LogP contribution in [0.25, 0.3) is 0 Å². The second-order valence-electron chi connectivity index (χ2n) is 4.61. The number of para-hydroxylation sites is 1. The molecule has 1 N–H and O–H groups in total. The van der Waals surface area contributed by atoms with Gasteiger partial charge in [-0.2, -0.15) is 4.31 Å². The van der Waals surface area contributed by atoms with Gasteiger partial charge in [-0.1, -0.05) is 18.2 Å². The van der Waals surface area contributed by atoms with Gasteiger partial charge in [0.1, 0.15) is 5.75 Å². The van der Waals surface area contributed by atoms with E-state index >= 15 is 0 Å². The molecule has 0 spiro atoms. The third-order valence-electron chi connectivity index (χ3n) is 2.81. The number of hydrogen-bond donors (Lipinski definition) is 1. The van der Waals surface area contributed by atoms with Gasteiger partial charge in [-0.3, -0.25) is 4.79 Å². The zero-order chi connectivity index (χ0) is 16.4. The summed E-state index contributed by atoms with van der Waals surface area (Å²) in [6, 6.07) is 8.99. The van der Waals surface area contributed by atoms with Gasteiger partial charge in [0.2, 0.25) is 10.0 Å². The molecule has 0 aliphatic rings. The standard InChI is InChI=1S/C14H22N2O5S/c1-20-11-10-16(22(2,18)19)9-8-15-14(17)12-21-13-6-4-3-5-7-13/h3-7H,8-12H2,1-2H3,(H,15,17). The maximum Gasteiger partial charge on any atom is 0.257 e. The first-order chi connectivity index (χ1) is 10.4. The van der Waals surface area contributed by atoms with Crippen LogP contribution in [-0.2, 0) is 19.6 Å². The van der Waals surface area contributed by atoms with Crippen molar-refractivity contribution in [1.82, 2.24) is 9.62 Å². The van der Waals surface area contributed by atoms with E-state index in [9.17, 15) is 13.2 Å². The molecule has 8 heteroatoms. The van der Waals surface area contributed by atoms with Crippen molar-refractivity contribution in [3.8, 4) is 5.75 Å². The molecule has 0 atom stereocenters. The Morgan fingerprint density at radius 1 is 1.23 bits per heavy atom. The quantitative estimate of drug-likeness (QED) is 0.657. The second-order valence-corrected chi connectivity index (χ2v) is 6.59. The van der Waals surface area contributed by atoms with E-state index in [1.54, 1.807) is 12.1 Å². The molecule has 0 saturated heterocycles. The molecule has 7 nitrogen and oxygen atoms in total. The molecule has 0 aromatic heterocycles. The smallest absolute Gasteiger partial charge is 0.257 e. The molecule has 0 fully saturated rings. The van der Waals surface area contributed by atoms with E-state index in [4.69, 9.17) is 9.47 Å². The van der Waals surface area contributed by atoms with E-state index in [-0.39, 0.29) is 32.1 Å². The highest BCUT2D eigenvalue weighted by Crippen LogP contribution is 2.07.